The number of esters is 1. The van der Waals surface area contributed by atoms with E-state index < -0.39 is 23.8 Å². The molecule has 0 radical (unpaired) electrons. The Hall–Kier alpha value is -0.940. The lowest BCUT2D eigenvalue weighted by molar-refractivity contribution is -0.166. The van der Waals surface area contributed by atoms with Crippen LogP contribution in [0.1, 0.15) is 40.5 Å². The Morgan fingerprint density at radius 3 is 2.50 bits per heavy atom. The van der Waals surface area contributed by atoms with E-state index in [0.717, 1.165) is 0 Å². The van der Waals surface area contributed by atoms with Crippen molar-refractivity contribution in [1.29, 1.82) is 0 Å². The van der Waals surface area contributed by atoms with Crippen molar-refractivity contribution in [3.63, 3.8) is 0 Å². The Morgan fingerprint density at radius 1 is 1.39 bits per heavy atom. The van der Waals surface area contributed by atoms with Gasteiger partial charge in [0.25, 0.3) is 0 Å². The Morgan fingerprint density at radius 2 is 2.06 bits per heavy atom. The van der Waals surface area contributed by atoms with Crippen LogP contribution in [0.25, 0.3) is 0 Å². The standard InChI is InChI=1S/C13H22O5/c1-5-7-9(14)11(12(15)16-6-2)10-8-17-13(3,4)18-10/h10-11H,5-8H2,1-4H3/t10-,11?/m1/s1. The number of carbonyl (C=O) groups is 2. The maximum atomic E-state index is 12.0. The molecule has 1 saturated heterocycles. The molecule has 18 heavy (non-hydrogen) atoms. The van der Waals surface area contributed by atoms with Gasteiger partial charge in [-0.05, 0) is 27.2 Å². The maximum Gasteiger partial charge on any atom is 0.319 e. The third kappa shape index (κ3) is 3.78. The molecule has 1 aliphatic rings. The van der Waals surface area contributed by atoms with E-state index in [-0.39, 0.29) is 19.0 Å². The summed E-state index contributed by atoms with van der Waals surface area (Å²) < 4.78 is 16.0. The van der Waals surface area contributed by atoms with Crippen LogP contribution in [0.2, 0.25) is 0 Å². The van der Waals surface area contributed by atoms with Crippen LogP contribution in [0.15, 0.2) is 0 Å². The highest BCUT2D eigenvalue weighted by molar-refractivity contribution is 5.99. The van der Waals surface area contributed by atoms with Crippen molar-refractivity contribution < 1.29 is 23.8 Å². The first kappa shape index (κ1) is 15.1. The summed E-state index contributed by atoms with van der Waals surface area (Å²) in [5, 5.41) is 0. The molecule has 0 aromatic heterocycles. The Labute approximate surface area is 108 Å². The van der Waals surface area contributed by atoms with Gasteiger partial charge in [0.1, 0.15) is 17.8 Å². The highest BCUT2D eigenvalue weighted by Gasteiger charge is 2.44. The summed E-state index contributed by atoms with van der Waals surface area (Å²) in [4.78, 5) is 23.9. The number of carbonyl (C=O) groups excluding carboxylic acids is 2. The smallest absolute Gasteiger partial charge is 0.319 e. The minimum Gasteiger partial charge on any atom is -0.465 e. The monoisotopic (exact) mass is 258 g/mol. The van der Waals surface area contributed by atoms with Gasteiger partial charge < -0.3 is 14.2 Å². The van der Waals surface area contributed by atoms with Crippen LogP contribution in [0, 0.1) is 5.92 Å². The lowest BCUT2D eigenvalue weighted by Gasteiger charge is -2.21. The highest BCUT2D eigenvalue weighted by Crippen LogP contribution is 2.28. The van der Waals surface area contributed by atoms with Gasteiger partial charge in [-0.15, -0.1) is 0 Å². The molecule has 0 N–H and O–H groups in total. The van der Waals surface area contributed by atoms with Gasteiger partial charge in [-0.2, -0.15) is 0 Å². The van der Waals surface area contributed by atoms with Crippen LogP contribution in [0.3, 0.4) is 0 Å². The van der Waals surface area contributed by atoms with Gasteiger partial charge in [-0.1, -0.05) is 6.92 Å². The fourth-order valence-corrected chi connectivity index (χ4v) is 2.00. The van der Waals surface area contributed by atoms with E-state index in [1.54, 1.807) is 20.8 Å². The van der Waals surface area contributed by atoms with E-state index in [1.807, 2.05) is 6.92 Å². The van der Waals surface area contributed by atoms with Gasteiger partial charge in [0.15, 0.2) is 5.79 Å². The molecule has 0 bridgehead atoms. The number of hydrogen-bond donors (Lipinski definition) is 0. The highest BCUT2D eigenvalue weighted by atomic mass is 16.7. The topological polar surface area (TPSA) is 61.8 Å². The quantitative estimate of drug-likeness (QED) is 0.536. The number of rotatable bonds is 6. The normalized spacial score (nSPS) is 23.7. The van der Waals surface area contributed by atoms with Crippen LogP contribution in [-0.4, -0.2) is 36.9 Å². The largest absolute Gasteiger partial charge is 0.465 e. The molecule has 0 aromatic carbocycles. The molecule has 5 heteroatoms. The second-order valence-electron chi connectivity index (χ2n) is 4.81. The van der Waals surface area contributed by atoms with E-state index in [0.29, 0.717) is 12.8 Å². The molecule has 1 aliphatic heterocycles. The molecule has 0 amide bonds. The van der Waals surface area contributed by atoms with Crippen molar-refractivity contribution in [2.24, 2.45) is 5.92 Å². The lowest BCUT2D eigenvalue weighted by Crippen LogP contribution is -2.38. The first-order valence-electron chi connectivity index (χ1n) is 6.42. The molecule has 1 heterocycles. The van der Waals surface area contributed by atoms with Gasteiger partial charge >= 0.3 is 5.97 Å². The molecule has 0 spiro atoms. The fourth-order valence-electron chi connectivity index (χ4n) is 2.00. The summed E-state index contributed by atoms with van der Waals surface area (Å²) in [6.45, 7) is 7.64. The van der Waals surface area contributed by atoms with Gasteiger partial charge in [0, 0.05) is 6.42 Å². The number of ether oxygens (including phenoxy) is 3. The Kier molecular flexibility index (Phi) is 5.28. The van der Waals surface area contributed by atoms with Gasteiger partial charge in [-0.25, -0.2) is 0 Å². The van der Waals surface area contributed by atoms with E-state index in [1.165, 1.54) is 0 Å². The van der Waals surface area contributed by atoms with Crippen LogP contribution < -0.4 is 0 Å². The van der Waals surface area contributed by atoms with Crippen molar-refractivity contribution >= 4 is 11.8 Å². The predicted octanol–water partition coefficient (Wildman–Crippen LogP) is 1.69. The number of ketones is 1. The minimum absolute atomic E-state index is 0.137. The summed E-state index contributed by atoms with van der Waals surface area (Å²) in [5.41, 5.74) is 0. The summed E-state index contributed by atoms with van der Waals surface area (Å²) in [7, 11) is 0. The average Bonchev–Trinajstić information content (AvgIpc) is 2.59. The van der Waals surface area contributed by atoms with Crippen LogP contribution in [0.4, 0.5) is 0 Å². The van der Waals surface area contributed by atoms with Crippen molar-refractivity contribution in [3.8, 4) is 0 Å². The zero-order valence-corrected chi connectivity index (χ0v) is 11.5. The molecule has 1 rings (SSSR count). The molecule has 5 nitrogen and oxygen atoms in total. The summed E-state index contributed by atoms with van der Waals surface area (Å²) in [5.74, 6) is -2.27. The molecular formula is C13H22O5. The molecule has 1 unspecified atom stereocenters. The Bertz CT molecular complexity index is 293. The maximum absolute atomic E-state index is 12.0. The second-order valence-corrected chi connectivity index (χ2v) is 4.81. The number of Topliss-reactive ketones (excluding diaryl/α,β-unsaturated/α-hetero) is 1. The lowest BCUT2D eigenvalue weighted by atomic mass is 9.95. The van der Waals surface area contributed by atoms with Crippen molar-refractivity contribution in [1.82, 2.24) is 0 Å². The number of hydrogen-bond acceptors (Lipinski definition) is 5. The predicted molar refractivity (Wildman–Crippen MR) is 64.9 cm³/mol. The third-order valence-electron chi connectivity index (χ3n) is 2.79. The molecule has 0 aromatic rings. The van der Waals surface area contributed by atoms with Crippen LogP contribution in [-0.2, 0) is 23.8 Å². The molecule has 104 valence electrons. The fraction of sp³-hybridized carbons (Fsp3) is 0.846. The van der Waals surface area contributed by atoms with E-state index in [2.05, 4.69) is 0 Å². The van der Waals surface area contributed by atoms with E-state index in [4.69, 9.17) is 14.2 Å². The first-order chi connectivity index (χ1) is 8.41. The zero-order valence-electron chi connectivity index (χ0n) is 11.5. The minimum atomic E-state index is -0.869. The molecular weight excluding hydrogens is 236 g/mol. The van der Waals surface area contributed by atoms with Crippen molar-refractivity contribution in [2.75, 3.05) is 13.2 Å². The van der Waals surface area contributed by atoms with Crippen molar-refractivity contribution in [3.05, 3.63) is 0 Å². The second kappa shape index (κ2) is 6.29. The van der Waals surface area contributed by atoms with Crippen molar-refractivity contribution in [2.45, 2.75) is 52.4 Å². The zero-order chi connectivity index (χ0) is 13.8. The summed E-state index contributed by atoms with van der Waals surface area (Å²) in [6.07, 6.45) is 0.508. The van der Waals surface area contributed by atoms with Gasteiger partial charge in [-0.3, -0.25) is 9.59 Å². The van der Waals surface area contributed by atoms with Crippen LogP contribution in [0.5, 0.6) is 0 Å². The first-order valence-corrected chi connectivity index (χ1v) is 6.42. The Balaban J connectivity index is 2.78. The average molecular weight is 258 g/mol. The van der Waals surface area contributed by atoms with E-state index >= 15 is 0 Å². The molecule has 2 atom stereocenters. The molecule has 0 aliphatic carbocycles. The third-order valence-corrected chi connectivity index (χ3v) is 2.79. The molecule has 0 saturated carbocycles. The van der Waals surface area contributed by atoms with Gasteiger partial charge in [0.2, 0.25) is 0 Å². The summed E-state index contributed by atoms with van der Waals surface area (Å²) in [6, 6.07) is 0. The SMILES string of the molecule is CCCC(=O)C(C(=O)OCC)[C@H]1COC(C)(C)O1. The summed E-state index contributed by atoms with van der Waals surface area (Å²) >= 11 is 0. The van der Waals surface area contributed by atoms with Gasteiger partial charge in [0.05, 0.1) is 13.2 Å². The van der Waals surface area contributed by atoms with Crippen LogP contribution >= 0.6 is 0 Å². The molecule has 1 fully saturated rings. The van der Waals surface area contributed by atoms with E-state index in [9.17, 15) is 9.59 Å².